The first-order chi connectivity index (χ1) is 12.2. The summed E-state index contributed by atoms with van der Waals surface area (Å²) in [6.07, 6.45) is 0. The molecule has 0 saturated heterocycles. The zero-order valence-electron chi connectivity index (χ0n) is 13.0. The van der Waals surface area contributed by atoms with E-state index in [0.717, 1.165) is 26.3 Å². The summed E-state index contributed by atoms with van der Waals surface area (Å²) < 4.78 is 60.8. The fourth-order valence-corrected chi connectivity index (χ4v) is 3.60. The van der Waals surface area contributed by atoms with Crippen LogP contribution in [-0.2, 0) is 10.0 Å². The molecule has 4 aromatic carbocycles. The van der Waals surface area contributed by atoms with E-state index < -0.39 is 21.4 Å². The lowest BCUT2D eigenvalue weighted by Gasteiger charge is -2.13. The second kappa shape index (κ2) is 5.31. The van der Waals surface area contributed by atoms with Gasteiger partial charge in [0.2, 0.25) is 0 Å². The molecule has 0 aromatic heterocycles. The SMILES string of the molecule is O=C(NS(=O)(=O)C(F)(F)F)c1cc2ccc3cccc4ccc(c1)c2c34. The number of amides is 1. The van der Waals surface area contributed by atoms with Crippen molar-refractivity contribution < 1.29 is 26.4 Å². The van der Waals surface area contributed by atoms with Gasteiger partial charge in [0.05, 0.1) is 0 Å². The van der Waals surface area contributed by atoms with Gasteiger partial charge in [-0.05, 0) is 44.5 Å². The highest BCUT2D eigenvalue weighted by molar-refractivity contribution is 7.90. The topological polar surface area (TPSA) is 63.2 Å². The van der Waals surface area contributed by atoms with Crippen LogP contribution in [0.2, 0.25) is 0 Å². The molecule has 0 unspecified atom stereocenters. The normalized spacial score (nSPS) is 12.9. The van der Waals surface area contributed by atoms with E-state index in [4.69, 9.17) is 0 Å². The van der Waals surface area contributed by atoms with Gasteiger partial charge < -0.3 is 0 Å². The highest BCUT2D eigenvalue weighted by atomic mass is 32.2. The molecule has 0 spiro atoms. The van der Waals surface area contributed by atoms with Crippen LogP contribution in [0.5, 0.6) is 0 Å². The van der Waals surface area contributed by atoms with Crippen LogP contribution >= 0.6 is 0 Å². The molecule has 26 heavy (non-hydrogen) atoms. The minimum absolute atomic E-state index is 0.163. The lowest BCUT2D eigenvalue weighted by molar-refractivity contribution is -0.0446. The van der Waals surface area contributed by atoms with Crippen LogP contribution in [0.1, 0.15) is 10.4 Å². The number of carbonyl (C=O) groups excluding carboxylic acids is 1. The molecule has 0 bridgehead atoms. The summed E-state index contributed by atoms with van der Waals surface area (Å²) in [5, 5.41) is 5.13. The molecule has 0 atom stereocenters. The molecule has 0 saturated carbocycles. The number of sulfonamides is 1. The van der Waals surface area contributed by atoms with Crippen molar-refractivity contribution in [2.75, 3.05) is 0 Å². The van der Waals surface area contributed by atoms with Crippen molar-refractivity contribution >= 4 is 48.2 Å². The van der Waals surface area contributed by atoms with Crippen molar-refractivity contribution in [1.82, 2.24) is 4.72 Å². The quantitative estimate of drug-likeness (QED) is 0.534. The molecule has 0 heterocycles. The van der Waals surface area contributed by atoms with Gasteiger partial charge in [-0.2, -0.15) is 21.6 Å². The second-order valence-corrected chi connectivity index (χ2v) is 7.56. The Morgan fingerprint density at radius 1 is 0.808 bits per heavy atom. The van der Waals surface area contributed by atoms with Crippen molar-refractivity contribution in [3.8, 4) is 0 Å². The highest BCUT2D eigenvalue weighted by Crippen LogP contribution is 2.35. The molecule has 1 amide bonds. The van der Waals surface area contributed by atoms with Gasteiger partial charge in [0.15, 0.2) is 0 Å². The Hall–Kier alpha value is -2.87. The zero-order chi connectivity index (χ0) is 18.7. The molecule has 1 N–H and O–H groups in total. The molecule has 0 fully saturated rings. The Morgan fingerprint density at radius 2 is 1.27 bits per heavy atom. The predicted octanol–water partition coefficient (Wildman–Crippen LogP) is 4.16. The molecule has 8 heteroatoms. The summed E-state index contributed by atoms with van der Waals surface area (Å²) in [5.74, 6) is -1.33. The van der Waals surface area contributed by atoms with Crippen molar-refractivity contribution in [2.45, 2.75) is 5.51 Å². The van der Waals surface area contributed by atoms with E-state index in [1.807, 2.05) is 30.3 Å². The van der Waals surface area contributed by atoms with Crippen LogP contribution in [0.4, 0.5) is 13.2 Å². The van der Waals surface area contributed by atoms with Crippen LogP contribution in [0, 0.1) is 0 Å². The number of benzene rings is 4. The Morgan fingerprint density at radius 3 is 1.77 bits per heavy atom. The average Bonchev–Trinajstić information content (AvgIpc) is 2.58. The van der Waals surface area contributed by atoms with Crippen LogP contribution in [-0.4, -0.2) is 19.8 Å². The molecule has 4 aromatic rings. The molecule has 0 aliphatic heterocycles. The number of hydrogen-bond acceptors (Lipinski definition) is 3. The van der Waals surface area contributed by atoms with Crippen LogP contribution < -0.4 is 4.72 Å². The van der Waals surface area contributed by atoms with Crippen molar-refractivity contribution in [3.05, 3.63) is 60.2 Å². The summed E-state index contributed by atoms with van der Waals surface area (Å²) >= 11 is 0. The molecule has 4 nitrogen and oxygen atoms in total. The van der Waals surface area contributed by atoms with E-state index in [-0.39, 0.29) is 5.56 Å². The third-order valence-electron chi connectivity index (χ3n) is 4.26. The Bertz CT molecular complexity index is 1220. The van der Waals surface area contributed by atoms with E-state index in [1.165, 1.54) is 12.1 Å². The van der Waals surface area contributed by atoms with E-state index in [9.17, 15) is 26.4 Å². The molecular formula is C18H10F3NO3S. The van der Waals surface area contributed by atoms with E-state index in [0.29, 0.717) is 10.8 Å². The third kappa shape index (κ3) is 2.45. The summed E-state index contributed by atoms with van der Waals surface area (Å²) in [7, 11) is -5.76. The monoisotopic (exact) mass is 377 g/mol. The van der Waals surface area contributed by atoms with E-state index >= 15 is 0 Å². The number of hydrogen-bond donors (Lipinski definition) is 1. The first-order valence-electron chi connectivity index (χ1n) is 7.48. The first kappa shape index (κ1) is 16.6. The molecule has 0 aliphatic carbocycles. The maximum Gasteiger partial charge on any atom is 0.516 e. The fraction of sp³-hybridized carbons (Fsp3) is 0.0556. The number of alkyl halides is 3. The van der Waals surface area contributed by atoms with Crippen molar-refractivity contribution in [3.63, 3.8) is 0 Å². The average molecular weight is 377 g/mol. The molecule has 4 rings (SSSR count). The van der Waals surface area contributed by atoms with Crippen LogP contribution in [0.15, 0.2) is 54.6 Å². The Balaban J connectivity index is 1.89. The van der Waals surface area contributed by atoms with Gasteiger partial charge in [0.1, 0.15) is 0 Å². The standard InChI is InChI=1S/C18H10F3NO3S/c19-18(20,21)26(24,25)22-17(23)14-8-12-6-4-10-2-1-3-11-5-7-13(9-14)16(12)15(10)11/h1-9H,(H,22,23). The number of carbonyl (C=O) groups is 1. The summed E-state index contributed by atoms with van der Waals surface area (Å²) in [5.41, 5.74) is -5.72. The predicted molar refractivity (Wildman–Crippen MR) is 92.6 cm³/mol. The molecular weight excluding hydrogens is 367 g/mol. The van der Waals surface area contributed by atoms with Crippen LogP contribution in [0.25, 0.3) is 32.3 Å². The van der Waals surface area contributed by atoms with Crippen molar-refractivity contribution in [2.24, 2.45) is 0 Å². The van der Waals surface area contributed by atoms with E-state index in [2.05, 4.69) is 0 Å². The zero-order valence-corrected chi connectivity index (χ0v) is 13.8. The van der Waals surface area contributed by atoms with Gasteiger partial charge in [0.25, 0.3) is 5.91 Å². The number of halogens is 3. The van der Waals surface area contributed by atoms with Gasteiger partial charge in [-0.15, -0.1) is 0 Å². The minimum atomic E-state index is -5.76. The van der Waals surface area contributed by atoms with Gasteiger partial charge in [-0.1, -0.05) is 42.5 Å². The molecule has 0 aliphatic rings. The van der Waals surface area contributed by atoms with Gasteiger partial charge in [-0.3, -0.25) is 4.79 Å². The molecule has 132 valence electrons. The highest BCUT2D eigenvalue weighted by Gasteiger charge is 2.47. The maximum atomic E-state index is 12.5. The number of nitrogens with one attached hydrogen (secondary N) is 1. The second-order valence-electron chi connectivity index (χ2n) is 5.89. The van der Waals surface area contributed by atoms with Crippen LogP contribution in [0.3, 0.4) is 0 Å². The summed E-state index contributed by atoms with van der Waals surface area (Å²) in [6.45, 7) is 0. The Kier molecular flexibility index (Phi) is 3.39. The maximum absolute atomic E-state index is 12.5. The van der Waals surface area contributed by atoms with Gasteiger partial charge in [0, 0.05) is 5.56 Å². The van der Waals surface area contributed by atoms with Gasteiger partial charge in [-0.25, -0.2) is 4.72 Å². The fourth-order valence-electron chi connectivity index (χ4n) is 3.12. The lowest BCUT2D eigenvalue weighted by Crippen LogP contribution is -2.40. The smallest absolute Gasteiger partial charge is 0.268 e. The lowest BCUT2D eigenvalue weighted by atomic mass is 9.93. The summed E-state index contributed by atoms with van der Waals surface area (Å²) in [4.78, 5) is 12.1. The number of rotatable bonds is 2. The summed E-state index contributed by atoms with van der Waals surface area (Å²) in [6, 6.07) is 15.8. The third-order valence-corrected chi connectivity index (χ3v) is 5.32. The van der Waals surface area contributed by atoms with E-state index in [1.54, 1.807) is 12.1 Å². The Labute approximate surface area is 145 Å². The van der Waals surface area contributed by atoms with Crippen molar-refractivity contribution in [1.29, 1.82) is 0 Å². The van der Waals surface area contributed by atoms with Gasteiger partial charge >= 0.3 is 15.5 Å². The molecule has 0 radical (unpaired) electrons. The largest absolute Gasteiger partial charge is 0.516 e. The first-order valence-corrected chi connectivity index (χ1v) is 8.97. The minimum Gasteiger partial charge on any atom is -0.268 e.